The van der Waals surface area contributed by atoms with E-state index in [0.717, 1.165) is 64.6 Å². The molecule has 1 atom stereocenters. The maximum atomic E-state index is 5.63. The second-order valence-corrected chi connectivity index (χ2v) is 7.18. The van der Waals surface area contributed by atoms with E-state index in [4.69, 9.17) is 9.72 Å². The number of hydrogen-bond donors (Lipinski definition) is 2. The topological polar surface area (TPSA) is 61.8 Å². The van der Waals surface area contributed by atoms with Gasteiger partial charge in [-0.3, -0.25) is 4.99 Å². The van der Waals surface area contributed by atoms with Crippen LogP contribution >= 0.6 is 11.3 Å². The van der Waals surface area contributed by atoms with Crippen molar-refractivity contribution in [3.63, 3.8) is 0 Å². The van der Waals surface area contributed by atoms with Gasteiger partial charge in [0.05, 0.1) is 18.3 Å². The van der Waals surface area contributed by atoms with Crippen molar-refractivity contribution in [3.8, 4) is 0 Å². The number of ether oxygens (including phenoxy) is 1. The van der Waals surface area contributed by atoms with E-state index in [1.807, 2.05) is 0 Å². The lowest BCUT2D eigenvalue weighted by Gasteiger charge is -2.13. The quantitative estimate of drug-likeness (QED) is 0.581. The summed E-state index contributed by atoms with van der Waals surface area (Å²) in [7, 11) is 0. The molecule has 24 heavy (non-hydrogen) atoms. The summed E-state index contributed by atoms with van der Waals surface area (Å²) >= 11 is 1.77. The van der Waals surface area contributed by atoms with Crippen LogP contribution < -0.4 is 15.5 Å². The van der Waals surface area contributed by atoms with Crippen molar-refractivity contribution >= 4 is 22.4 Å². The normalized spacial score (nSPS) is 21.5. The Kier molecular flexibility index (Phi) is 6.72. The molecule has 0 aliphatic carbocycles. The van der Waals surface area contributed by atoms with Crippen molar-refractivity contribution in [1.29, 1.82) is 0 Å². The summed E-state index contributed by atoms with van der Waals surface area (Å²) in [5.41, 5.74) is 1.17. The van der Waals surface area contributed by atoms with Gasteiger partial charge in [0, 0.05) is 44.6 Å². The minimum atomic E-state index is 0.294. The number of nitrogens with zero attached hydrogens (tertiary/aromatic N) is 3. The molecular formula is C17H29N5OS. The van der Waals surface area contributed by atoms with Crippen LogP contribution in [0.15, 0.2) is 10.4 Å². The van der Waals surface area contributed by atoms with E-state index in [-0.39, 0.29) is 0 Å². The van der Waals surface area contributed by atoms with Gasteiger partial charge in [-0.15, -0.1) is 11.3 Å². The lowest BCUT2D eigenvalue weighted by atomic mass is 10.2. The minimum Gasteiger partial charge on any atom is -0.376 e. The van der Waals surface area contributed by atoms with Gasteiger partial charge in [-0.25, -0.2) is 4.98 Å². The van der Waals surface area contributed by atoms with Crippen molar-refractivity contribution in [1.82, 2.24) is 15.6 Å². The smallest absolute Gasteiger partial charge is 0.191 e. The molecule has 0 radical (unpaired) electrons. The third-order valence-corrected chi connectivity index (χ3v) is 5.36. The fourth-order valence-corrected chi connectivity index (χ4v) is 4.01. The van der Waals surface area contributed by atoms with Crippen molar-refractivity contribution < 1.29 is 4.74 Å². The van der Waals surface area contributed by atoms with E-state index in [0.29, 0.717) is 6.10 Å². The number of guanidine groups is 1. The summed E-state index contributed by atoms with van der Waals surface area (Å²) in [6.45, 7) is 7.75. The molecule has 2 N–H and O–H groups in total. The van der Waals surface area contributed by atoms with Gasteiger partial charge in [0.1, 0.15) is 0 Å². The first-order valence-electron chi connectivity index (χ1n) is 9.18. The Balaban J connectivity index is 1.43. The fourth-order valence-electron chi connectivity index (χ4n) is 3.10. The lowest BCUT2D eigenvalue weighted by Crippen LogP contribution is -2.39. The minimum absolute atomic E-state index is 0.294. The number of aromatic nitrogens is 1. The van der Waals surface area contributed by atoms with Crippen LogP contribution in [0, 0.1) is 0 Å². The first-order chi connectivity index (χ1) is 11.8. The van der Waals surface area contributed by atoms with Crippen LogP contribution in [0.3, 0.4) is 0 Å². The molecule has 0 bridgehead atoms. The average Bonchev–Trinajstić information content (AvgIpc) is 3.33. The highest BCUT2D eigenvalue weighted by Crippen LogP contribution is 2.24. The maximum Gasteiger partial charge on any atom is 0.191 e. The highest BCUT2D eigenvalue weighted by atomic mass is 32.1. The lowest BCUT2D eigenvalue weighted by molar-refractivity contribution is 0.117. The Morgan fingerprint density at radius 2 is 2.25 bits per heavy atom. The van der Waals surface area contributed by atoms with E-state index in [1.54, 1.807) is 11.3 Å². The van der Waals surface area contributed by atoms with E-state index in [2.05, 4.69) is 32.8 Å². The zero-order chi connectivity index (χ0) is 16.6. The van der Waals surface area contributed by atoms with Crippen molar-refractivity contribution in [3.05, 3.63) is 11.1 Å². The molecule has 2 aliphatic heterocycles. The molecule has 2 fully saturated rings. The number of thiazole rings is 1. The van der Waals surface area contributed by atoms with Crippen molar-refractivity contribution in [2.45, 2.75) is 45.1 Å². The number of hydrogen-bond acceptors (Lipinski definition) is 5. The van der Waals surface area contributed by atoms with Crippen LogP contribution in [-0.4, -0.2) is 56.4 Å². The predicted octanol–water partition coefficient (Wildman–Crippen LogP) is 2.02. The van der Waals surface area contributed by atoms with Crippen LogP contribution in [0.2, 0.25) is 0 Å². The Labute approximate surface area is 148 Å². The van der Waals surface area contributed by atoms with Gasteiger partial charge in [0.2, 0.25) is 0 Å². The summed E-state index contributed by atoms with van der Waals surface area (Å²) in [4.78, 5) is 11.8. The fraction of sp³-hybridized carbons (Fsp3) is 0.765. The first-order valence-corrected chi connectivity index (χ1v) is 10.1. The summed E-state index contributed by atoms with van der Waals surface area (Å²) in [6.07, 6.45) is 6.10. The highest BCUT2D eigenvalue weighted by Gasteiger charge is 2.16. The molecule has 0 spiro atoms. The first kappa shape index (κ1) is 17.5. The monoisotopic (exact) mass is 351 g/mol. The average molecular weight is 352 g/mol. The summed E-state index contributed by atoms with van der Waals surface area (Å²) in [5, 5.41) is 10.1. The molecule has 3 heterocycles. The number of rotatable bonds is 7. The van der Waals surface area contributed by atoms with Gasteiger partial charge in [0.25, 0.3) is 0 Å². The van der Waals surface area contributed by atoms with Gasteiger partial charge in [-0.2, -0.15) is 0 Å². The molecule has 1 unspecified atom stereocenters. The third-order valence-electron chi connectivity index (χ3n) is 4.41. The molecular weight excluding hydrogens is 322 g/mol. The molecule has 1 aromatic rings. The van der Waals surface area contributed by atoms with Crippen molar-refractivity contribution in [2.75, 3.05) is 44.2 Å². The second kappa shape index (κ2) is 9.22. The van der Waals surface area contributed by atoms with Crippen LogP contribution in [0.25, 0.3) is 0 Å². The molecule has 6 nitrogen and oxygen atoms in total. The van der Waals surface area contributed by atoms with Gasteiger partial charge in [-0.05, 0) is 32.6 Å². The van der Waals surface area contributed by atoms with Crippen LogP contribution in [-0.2, 0) is 11.2 Å². The Morgan fingerprint density at radius 3 is 3.00 bits per heavy atom. The molecule has 0 aromatic carbocycles. The third kappa shape index (κ3) is 5.08. The maximum absolute atomic E-state index is 5.63. The molecule has 1 aromatic heterocycles. The number of aliphatic imine (C=N–C) groups is 1. The van der Waals surface area contributed by atoms with E-state index < -0.39 is 0 Å². The van der Waals surface area contributed by atoms with E-state index in [9.17, 15) is 0 Å². The number of nitrogens with one attached hydrogen (secondary N) is 2. The Hall–Kier alpha value is -1.34. The van der Waals surface area contributed by atoms with Gasteiger partial charge >= 0.3 is 0 Å². The van der Waals surface area contributed by atoms with Crippen molar-refractivity contribution in [2.24, 2.45) is 4.99 Å². The van der Waals surface area contributed by atoms with Gasteiger partial charge in [0.15, 0.2) is 11.1 Å². The van der Waals surface area contributed by atoms with E-state index in [1.165, 1.54) is 23.7 Å². The Morgan fingerprint density at radius 1 is 1.38 bits per heavy atom. The molecule has 134 valence electrons. The van der Waals surface area contributed by atoms with Crippen LogP contribution in [0.5, 0.6) is 0 Å². The van der Waals surface area contributed by atoms with Gasteiger partial charge < -0.3 is 20.3 Å². The summed E-state index contributed by atoms with van der Waals surface area (Å²) in [6, 6.07) is 0. The Bertz CT molecular complexity index is 521. The zero-order valence-corrected chi connectivity index (χ0v) is 15.4. The zero-order valence-electron chi connectivity index (χ0n) is 14.6. The van der Waals surface area contributed by atoms with E-state index >= 15 is 0 Å². The molecule has 0 amide bonds. The molecule has 7 heteroatoms. The van der Waals surface area contributed by atoms with Crippen LogP contribution in [0.1, 0.15) is 38.3 Å². The molecule has 2 aliphatic rings. The summed E-state index contributed by atoms with van der Waals surface area (Å²) in [5.74, 6) is 0.878. The van der Waals surface area contributed by atoms with Gasteiger partial charge in [-0.1, -0.05) is 0 Å². The largest absolute Gasteiger partial charge is 0.376 e. The number of anilines is 1. The SMILES string of the molecule is CCNC(=NCC1CCCO1)NCCc1csc(N2CCCC2)n1. The second-order valence-electron chi connectivity index (χ2n) is 6.35. The highest BCUT2D eigenvalue weighted by molar-refractivity contribution is 7.13. The van der Waals surface area contributed by atoms with Crippen LogP contribution in [0.4, 0.5) is 5.13 Å². The molecule has 3 rings (SSSR count). The standard InChI is InChI=1S/C17H29N5OS/c1-2-18-16(20-12-15-6-5-11-23-15)19-8-7-14-13-24-17(21-14)22-9-3-4-10-22/h13,15H,2-12H2,1H3,(H2,18,19,20). The predicted molar refractivity (Wildman–Crippen MR) is 100 cm³/mol. The molecule has 2 saturated heterocycles. The molecule has 0 saturated carbocycles. The summed E-state index contributed by atoms with van der Waals surface area (Å²) < 4.78 is 5.63.